The highest BCUT2D eigenvalue weighted by Crippen LogP contribution is 2.40. The molecule has 0 saturated carbocycles. The fourth-order valence-electron chi connectivity index (χ4n) is 3.50. The number of thiophene rings is 1. The van der Waals surface area contributed by atoms with E-state index in [1.54, 1.807) is 35.6 Å². The zero-order valence-electron chi connectivity index (χ0n) is 16.4. The van der Waals surface area contributed by atoms with E-state index in [-0.39, 0.29) is 34.5 Å². The highest BCUT2D eigenvalue weighted by atomic mass is 79.9. The van der Waals surface area contributed by atoms with Gasteiger partial charge in [-0.05, 0) is 29.1 Å². The number of hydrogen-bond acceptors (Lipinski definition) is 7. The third-order valence-electron chi connectivity index (χ3n) is 5.01. The second-order valence-electron chi connectivity index (χ2n) is 6.96. The number of anilines is 1. The highest BCUT2D eigenvalue weighted by Gasteiger charge is 2.32. The molecule has 162 valence electrons. The standard InChI is InChI=1S/C22H15FN4O2S2.BrH/c23-16-8-6-14(7-9-16)20-12-18(21-5-2-10-30-21)25-26(20)22-24-19(13-31-22)15-3-1-4-17(11-15)27(28)29;/h1-11,13,20H,12H2;1H. The molecule has 0 saturated heterocycles. The summed E-state index contributed by atoms with van der Waals surface area (Å²) in [6, 6.07) is 16.8. The Balaban J connectivity index is 0.00000245. The molecule has 2 aromatic carbocycles. The summed E-state index contributed by atoms with van der Waals surface area (Å²) in [4.78, 5) is 16.5. The van der Waals surface area contributed by atoms with Gasteiger partial charge in [0.1, 0.15) is 5.82 Å². The van der Waals surface area contributed by atoms with E-state index in [1.807, 2.05) is 27.9 Å². The van der Waals surface area contributed by atoms with Crippen molar-refractivity contribution in [3.05, 3.63) is 97.8 Å². The lowest BCUT2D eigenvalue weighted by Crippen LogP contribution is -2.18. The van der Waals surface area contributed by atoms with Crippen LogP contribution in [0.3, 0.4) is 0 Å². The number of nitro benzene ring substituents is 1. The Morgan fingerprint density at radius 3 is 2.62 bits per heavy atom. The average Bonchev–Trinajstić information content (AvgIpc) is 3.54. The van der Waals surface area contributed by atoms with Gasteiger partial charge in [-0.2, -0.15) is 5.10 Å². The second kappa shape index (κ2) is 9.27. The quantitative estimate of drug-likeness (QED) is 0.209. The second-order valence-corrected chi connectivity index (χ2v) is 8.75. The van der Waals surface area contributed by atoms with Crippen molar-refractivity contribution in [2.24, 2.45) is 5.10 Å². The summed E-state index contributed by atoms with van der Waals surface area (Å²) in [5.41, 5.74) is 3.26. The minimum Gasteiger partial charge on any atom is -0.258 e. The summed E-state index contributed by atoms with van der Waals surface area (Å²) in [6.07, 6.45) is 0.678. The Bertz CT molecular complexity index is 1280. The SMILES string of the molecule is Br.O=[N+]([O-])c1cccc(-c2csc(N3N=C(c4cccs4)CC3c3ccc(F)cc3)n2)c1. The van der Waals surface area contributed by atoms with Crippen LogP contribution in [0.1, 0.15) is 22.9 Å². The fraction of sp³-hybridized carbons (Fsp3) is 0.0909. The number of benzene rings is 2. The van der Waals surface area contributed by atoms with Crippen molar-refractivity contribution in [3.63, 3.8) is 0 Å². The Morgan fingerprint density at radius 1 is 1.09 bits per heavy atom. The number of rotatable bonds is 5. The van der Waals surface area contributed by atoms with Gasteiger partial charge in [0.25, 0.3) is 5.69 Å². The molecule has 5 rings (SSSR count). The number of hydrazone groups is 1. The Labute approximate surface area is 201 Å². The molecule has 10 heteroatoms. The van der Waals surface area contributed by atoms with Crippen molar-refractivity contribution in [1.29, 1.82) is 0 Å². The van der Waals surface area contributed by atoms with Gasteiger partial charge in [0, 0.05) is 29.5 Å². The third-order valence-corrected chi connectivity index (χ3v) is 6.76. The van der Waals surface area contributed by atoms with Crippen molar-refractivity contribution < 1.29 is 9.31 Å². The Morgan fingerprint density at radius 2 is 1.91 bits per heavy atom. The van der Waals surface area contributed by atoms with Crippen LogP contribution < -0.4 is 5.01 Å². The molecular weight excluding hydrogens is 515 g/mol. The highest BCUT2D eigenvalue weighted by molar-refractivity contribution is 8.93. The van der Waals surface area contributed by atoms with Gasteiger partial charge in [-0.25, -0.2) is 14.4 Å². The average molecular weight is 531 g/mol. The first kappa shape index (κ1) is 22.3. The molecule has 1 atom stereocenters. The maximum atomic E-state index is 13.5. The normalized spacial score (nSPS) is 15.3. The number of non-ortho nitro benzene ring substituents is 1. The number of aromatic nitrogens is 1. The predicted octanol–water partition coefficient (Wildman–Crippen LogP) is 6.85. The summed E-state index contributed by atoms with van der Waals surface area (Å²) in [6.45, 7) is 0. The molecule has 0 N–H and O–H groups in total. The summed E-state index contributed by atoms with van der Waals surface area (Å²) in [5, 5.41) is 22.4. The minimum atomic E-state index is -0.417. The van der Waals surface area contributed by atoms with E-state index in [2.05, 4.69) is 0 Å². The van der Waals surface area contributed by atoms with Crippen LogP contribution in [0.5, 0.6) is 0 Å². The summed E-state index contributed by atoms with van der Waals surface area (Å²) < 4.78 is 13.5. The Hall–Kier alpha value is -2.95. The van der Waals surface area contributed by atoms with Gasteiger partial charge >= 0.3 is 0 Å². The zero-order chi connectivity index (χ0) is 21.4. The first-order chi connectivity index (χ1) is 15.1. The number of hydrogen-bond donors (Lipinski definition) is 0. The van der Waals surface area contributed by atoms with Crippen molar-refractivity contribution in [1.82, 2.24) is 4.98 Å². The topological polar surface area (TPSA) is 71.6 Å². The molecule has 0 bridgehead atoms. The molecule has 32 heavy (non-hydrogen) atoms. The van der Waals surface area contributed by atoms with Crippen LogP contribution in [0, 0.1) is 15.9 Å². The van der Waals surface area contributed by atoms with Gasteiger partial charge in [0.05, 0.1) is 27.2 Å². The maximum Gasteiger partial charge on any atom is 0.270 e. The monoisotopic (exact) mass is 530 g/mol. The minimum absolute atomic E-state index is 0. The lowest BCUT2D eigenvalue weighted by Gasteiger charge is -2.21. The van der Waals surface area contributed by atoms with Crippen LogP contribution in [0.25, 0.3) is 11.3 Å². The summed E-state index contributed by atoms with van der Waals surface area (Å²) >= 11 is 3.05. The molecule has 1 aliphatic rings. The molecule has 4 aromatic rings. The van der Waals surface area contributed by atoms with Gasteiger partial charge in [0.15, 0.2) is 0 Å². The van der Waals surface area contributed by atoms with Crippen LogP contribution in [0.2, 0.25) is 0 Å². The van der Waals surface area contributed by atoms with E-state index in [9.17, 15) is 14.5 Å². The number of nitrogens with zero attached hydrogens (tertiary/aromatic N) is 4. The van der Waals surface area contributed by atoms with Crippen LogP contribution in [-0.4, -0.2) is 15.6 Å². The van der Waals surface area contributed by atoms with Gasteiger partial charge in [0.2, 0.25) is 5.13 Å². The first-order valence-electron chi connectivity index (χ1n) is 9.45. The largest absolute Gasteiger partial charge is 0.270 e. The van der Waals surface area contributed by atoms with E-state index in [0.29, 0.717) is 22.8 Å². The molecule has 1 aliphatic heterocycles. The predicted molar refractivity (Wildman–Crippen MR) is 132 cm³/mol. The van der Waals surface area contributed by atoms with Gasteiger partial charge in [-0.1, -0.05) is 30.3 Å². The van der Waals surface area contributed by atoms with Crippen molar-refractivity contribution in [2.75, 3.05) is 5.01 Å². The molecule has 0 radical (unpaired) electrons. The molecule has 0 fully saturated rings. The maximum absolute atomic E-state index is 13.5. The smallest absolute Gasteiger partial charge is 0.258 e. The van der Waals surface area contributed by atoms with E-state index >= 15 is 0 Å². The van der Waals surface area contributed by atoms with E-state index < -0.39 is 4.92 Å². The van der Waals surface area contributed by atoms with Crippen LogP contribution in [0.15, 0.2) is 76.5 Å². The molecule has 0 spiro atoms. The van der Waals surface area contributed by atoms with Gasteiger partial charge in [-0.3, -0.25) is 10.1 Å². The van der Waals surface area contributed by atoms with E-state index in [0.717, 1.165) is 16.2 Å². The first-order valence-corrected chi connectivity index (χ1v) is 11.2. The van der Waals surface area contributed by atoms with E-state index in [1.165, 1.54) is 35.6 Å². The van der Waals surface area contributed by atoms with Crippen molar-refractivity contribution >= 4 is 56.2 Å². The summed E-state index contributed by atoms with van der Waals surface area (Å²) in [7, 11) is 0. The molecule has 2 aromatic heterocycles. The molecule has 0 amide bonds. The van der Waals surface area contributed by atoms with Gasteiger partial charge in [-0.15, -0.1) is 39.7 Å². The summed E-state index contributed by atoms with van der Waals surface area (Å²) in [5.74, 6) is -0.282. The molecule has 1 unspecified atom stereocenters. The lowest BCUT2D eigenvalue weighted by molar-refractivity contribution is -0.384. The Kier molecular flexibility index (Phi) is 6.45. The van der Waals surface area contributed by atoms with Crippen LogP contribution in [0.4, 0.5) is 15.2 Å². The molecule has 6 nitrogen and oxygen atoms in total. The molecular formula is C22H16BrFN4O2S2. The molecule has 0 aliphatic carbocycles. The van der Waals surface area contributed by atoms with Crippen LogP contribution >= 0.6 is 39.7 Å². The van der Waals surface area contributed by atoms with Gasteiger partial charge < -0.3 is 0 Å². The third kappa shape index (κ3) is 4.34. The van der Waals surface area contributed by atoms with Crippen molar-refractivity contribution in [3.8, 4) is 11.3 Å². The van der Waals surface area contributed by atoms with Crippen molar-refractivity contribution in [2.45, 2.75) is 12.5 Å². The van der Waals surface area contributed by atoms with E-state index in [4.69, 9.17) is 10.1 Å². The van der Waals surface area contributed by atoms with Crippen LogP contribution in [-0.2, 0) is 0 Å². The zero-order valence-corrected chi connectivity index (χ0v) is 19.8. The number of thiazole rings is 1. The lowest BCUT2D eigenvalue weighted by atomic mass is 10.0. The number of halogens is 2. The molecule has 3 heterocycles. The number of nitro groups is 1. The fourth-order valence-corrected chi connectivity index (χ4v) is 5.06.